The summed E-state index contributed by atoms with van der Waals surface area (Å²) in [4.78, 5) is 2.42. The Morgan fingerprint density at radius 3 is 2.56 bits per heavy atom. The normalized spacial score (nSPS) is 18.4. The molecule has 0 spiro atoms. The maximum atomic E-state index is 5.93. The molecule has 2 N–H and O–H groups in total. The summed E-state index contributed by atoms with van der Waals surface area (Å²) in [6.07, 6.45) is 4.17. The Labute approximate surface area is 97.4 Å². The average molecular weight is 222 g/mol. The minimum atomic E-state index is 0.385. The van der Waals surface area contributed by atoms with Gasteiger partial charge in [-0.25, -0.2) is 0 Å². The Bertz CT molecular complexity index is 348. The van der Waals surface area contributed by atoms with Crippen molar-refractivity contribution >= 4 is 5.69 Å². The van der Waals surface area contributed by atoms with E-state index >= 15 is 0 Å². The first-order chi connectivity index (χ1) is 7.59. The van der Waals surface area contributed by atoms with Crippen molar-refractivity contribution in [3.05, 3.63) is 11.9 Å². The van der Waals surface area contributed by atoms with Crippen LogP contribution in [0.15, 0.2) is 6.20 Å². The van der Waals surface area contributed by atoms with Crippen LogP contribution in [0.2, 0.25) is 0 Å². The zero-order valence-corrected chi connectivity index (χ0v) is 10.5. The SMILES string of the molecule is CC(C)c1c(N2CCC(N)CC2)cnn1C. The quantitative estimate of drug-likeness (QED) is 0.824. The first kappa shape index (κ1) is 11.5. The molecule has 1 aromatic rings. The standard InChI is InChI=1S/C12H22N4/c1-9(2)12-11(8-14-15(12)3)16-6-4-10(13)5-7-16/h8-10H,4-7,13H2,1-3H3. The lowest BCUT2D eigenvalue weighted by Crippen LogP contribution is -2.40. The number of nitrogens with zero attached hydrogens (tertiary/aromatic N) is 3. The van der Waals surface area contributed by atoms with Crippen molar-refractivity contribution in [3.63, 3.8) is 0 Å². The lowest BCUT2D eigenvalue weighted by molar-refractivity contribution is 0.499. The fourth-order valence-corrected chi connectivity index (χ4v) is 2.49. The predicted molar refractivity (Wildman–Crippen MR) is 66.7 cm³/mol. The molecule has 1 aliphatic rings. The molecule has 1 aromatic heterocycles. The molecule has 4 nitrogen and oxygen atoms in total. The van der Waals surface area contributed by atoms with Crippen molar-refractivity contribution in [1.82, 2.24) is 9.78 Å². The Morgan fingerprint density at radius 1 is 1.38 bits per heavy atom. The van der Waals surface area contributed by atoms with Crippen LogP contribution in [0.25, 0.3) is 0 Å². The molecular formula is C12H22N4. The van der Waals surface area contributed by atoms with E-state index in [1.54, 1.807) is 0 Å². The van der Waals surface area contributed by atoms with Gasteiger partial charge in [-0.15, -0.1) is 0 Å². The minimum Gasteiger partial charge on any atom is -0.369 e. The Balaban J connectivity index is 2.20. The van der Waals surface area contributed by atoms with Gasteiger partial charge in [0.1, 0.15) is 0 Å². The summed E-state index contributed by atoms with van der Waals surface area (Å²) < 4.78 is 1.99. The number of aryl methyl sites for hydroxylation is 1. The van der Waals surface area contributed by atoms with Gasteiger partial charge in [-0.05, 0) is 18.8 Å². The molecule has 0 radical (unpaired) electrons. The first-order valence-corrected chi connectivity index (χ1v) is 6.12. The Morgan fingerprint density at radius 2 is 2.00 bits per heavy atom. The minimum absolute atomic E-state index is 0.385. The second-order valence-corrected chi connectivity index (χ2v) is 5.02. The number of anilines is 1. The van der Waals surface area contributed by atoms with Gasteiger partial charge in [0, 0.05) is 26.2 Å². The number of rotatable bonds is 2. The fourth-order valence-electron chi connectivity index (χ4n) is 2.49. The van der Waals surface area contributed by atoms with E-state index in [0.717, 1.165) is 25.9 Å². The van der Waals surface area contributed by atoms with E-state index < -0.39 is 0 Å². The summed E-state index contributed by atoms with van der Waals surface area (Å²) in [5.74, 6) is 0.512. The van der Waals surface area contributed by atoms with Gasteiger partial charge >= 0.3 is 0 Å². The zero-order chi connectivity index (χ0) is 11.7. The topological polar surface area (TPSA) is 47.1 Å². The summed E-state index contributed by atoms with van der Waals surface area (Å²) in [6, 6.07) is 0.385. The Kier molecular flexibility index (Phi) is 3.19. The molecule has 90 valence electrons. The smallest absolute Gasteiger partial charge is 0.0787 e. The van der Waals surface area contributed by atoms with E-state index in [2.05, 4.69) is 23.8 Å². The number of nitrogens with two attached hydrogens (primary N) is 1. The van der Waals surface area contributed by atoms with Crippen LogP contribution in [0, 0.1) is 0 Å². The maximum absolute atomic E-state index is 5.93. The lowest BCUT2D eigenvalue weighted by Gasteiger charge is -2.32. The molecule has 16 heavy (non-hydrogen) atoms. The van der Waals surface area contributed by atoms with Crippen LogP contribution in [-0.4, -0.2) is 28.9 Å². The highest BCUT2D eigenvalue weighted by molar-refractivity contribution is 5.51. The second-order valence-electron chi connectivity index (χ2n) is 5.02. The highest BCUT2D eigenvalue weighted by Crippen LogP contribution is 2.28. The van der Waals surface area contributed by atoms with E-state index in [4.69, 9.17) is 5.73 Å². The predicted octanol–water partition coefficient (Wildman–Crippen LogP) is 1.47. The number of hydrogen-bond acceptors (Lipinski definition) is 3. The molecule has 0 atom stereocenters. The van der Waals surface area contributed by atoms with Crippen LogP contribution in [0.1, 0.15) is 38.3 Å². The molecule has 0 aliphatic carbocycles. The van der Waals surface area contributed by atoms with Crippen molar-refractivity contribution in [3.8, 4) is 0 Å². The third-order valence-corrected chi connectivity index (χ3v) is 3.39. The summed E-state index contributed by atoms with van der Waals surface area (Å²) >= 11 is 0. The molecule has 1 aliphatic heterocycles. The molecule has 0 aromatic carbocycles. The largest absolute Gasteiger partial charge is 0.369 e. The highest BCUT2D eigenvalue weighted by Gasteiger charge is 2.21. The van der Waals surface area contributed by atoms with Crippen molar-refractivity contribution in [2.24, 2.45) is 12.8 Å². The van der Waals surface area contributed by atoms with E-state index in [0.29, 0.717) is 12.0 Å². The third-order valence-electron chi connectivity index (χ3n) is 3.39. The molecule has 0 bridgehead atoms. The van der Waals surface area contributed by atoms with Crippen molar-refractivity contribution in [2.75, 3.05) is 18.0 Å². The molecule has 0 unspecified atom stereocenters. The molecule has 4 heteroatoms. The molecular weight excluding hydrogens is 200 g/mol. The van der Waals surface area contributed by atoms with E-state index in [1.165, 1.54) is 11.4 Å². The second kappa shape index (κ2) is 4.45. The van der Waals surface area contributed by atoms with Crippen LogP contribution >= 0.6 is 0 Å². The monoisotopic (exact) mass is 222 g/mol. The van der Waals surface area contributed by atoms with Crippen LogP contribution in [0.3, 0.4) is 0 Å². The van der Waals surface area contributed by atoms with E-state index in [1.807, 2.05) is 17.9 Å². The molecule has 0 amide bonds. The molecule has 1 fully saturated rings. The molecule has 2 rings (SSSR count). The summed E-state index contributed by atoms with van der Waals surface area (Å²) in [7, 11) is 2.02. The number of aromatic nitrogens is 2. The van der Waals surface area contributed by atoms with Gasteiger partial charge in [0.25, 0.3) is 0 Å². The summed E-state index contributed by atoms with van der Waals surface area (Å²) in [5.41, 5.74) is 8.56. The third kappa shape index (κ3) is 2.07. The zero-order valence-electron chi connectivity index (χ0n) is 10.5. The van der Waals surface area contributed by atoms with Crippen LogP contribution in [0.5, 0.6) is 0 Å². The highest BCUT2D eigenvalue weighted by atomic mass is 15.3. The summed E-state index contributed by atoms with van der Waals surface area (Å²) in [6.45, 7) is 6.56. The van der Waals surface area contributed by atoms with Crippen molar-refractivity contribution in [1.29, 1.82) is 0 Å². The van der Waals surface area contributed by atoms with Crippen LogP contribution in [0.4, 0.5) is 5.69 Å². The summed E-state index contributed by atoms with van der Waals surface area (Å²) in [5, 5.41) is 4.38. The molecule has 1 saturated heterocycles. The van der Waals surface area contributed by atoms with Crippen molar-refractivity contribution < 1.29 is 0 Å². The van der Waals surface area contributed by atoms with Crippen LogP contribution < -0.4 is 10.6 Å². The lowest BCUT2D eigenvalue weighted by atomic mass is 10.0. The van der Waals surface area contributed by atoms with Crippen LogP contribution in [-0.2, 0) is 7.05 Å². The maximum Gasteiger partial charge on any atom is 0.0787 e. The van der Waals surface area contributed by atoms with Gasteiger partial charge in [0.15, 0.2) is 0 Å². The van der Waals surface area contributed by atoms with Gasteiger partial charge in [0.2, 0.25) is 0 Å². The number of hydrogen-bond donors (Lipinski definition) is 1. The Hall–Kier alpha value is -1.03. The van der Waals surface area contributed by atoms with E-state index in [9.17, 15) is 0 Å². The van der Waals surface area contributed by atoms with Gasteiger partial charge < -0.3 is 10.6 Å². The van der Waals surface area contributed by atoms with Gasteiger partial charge in [-0.1, -0.05) is 13.8 Å². The number of piperidine rings is 1. The van der Waals surface area contributed by atoms with Gasteiger partial charge in [-0.2, -0.15) is 5.10 Å². The molecule has 2 heterocycles. The fraction of sp³-hybridized carbons (Fsp3) is 0.750. The van der Waals surface area contributed by atoms with Gasteiger partial charge in [-0.3, -0.25) is 4.68 Å². The van der Waals surface area contributed by atoms with Crippen molar-refractivity contribution in [2.45, 2.75) is 38.6 Å². The molecule has 0 saturated carbocycles. The van der Waals surface area contributed by atoms with Gasteiger partial charge in [0.05, 0.1) is 17.6 Å². The van der Waals surface area contributed by atoms with E-state index in [-0.39, 0.29) is 0 Å². The average Bonchev–Trinajstić information content (AvgIpc) is 2.61. The first-order valence-electron chi connectivity index (χ1n) is 6.12.